The fourth-order valence-corrected chi connectivity index (χ4v) is 3.27. The van der Waals surface area contributed by atoms with E-state index in [1.165, 1.54) is 11.8 Å². The van der Waals surface area contributed by atoms with E-state index in [0.717, 1.165) is 27.2 Å². The predicted octanol–water partition coefficient (Wildman–Crippen LogP) is 4.04. The number of benzene rings is 2. The Kier molecular flexibility index (Phi) is 5.56. The Morgan fingerprint density at radius 3 is 2.64 bits per heavy atom. The fraction of sp³-hybridized carbons (Fsp3) is 0.200. The molecule has 0 aliphatic rings. The molecule has 3 rings (SSSR count). The van der Waals surface area contributed by atoms with E-state index < -0.39 is 0 Å². The molecule has 0 unspecified atom stereocenters. The number of nitrogens with one attached hydrogen (secondary N) is 1. The van der Waals surface area contributed by atoms with E-state index in [2.05, 4.69) is 10.3 Å². The Morgan fingerprint density at radius 2 is 1.88 bits per heavy atom. The lowest BCUT2D eigenvalue weighted by Gasteiger charge is -2.12. The van der Waals surface area contributed by atoms with Gasteiger partial charge in [-0.25, -0.2) is 4.98 Å². The zero-order valence-electron chi connectivity index (χ0n) is 14.2. The van der Waals surface area contributed by atoms with E-state index in [1.807, 2.05) is 67.6 Å². The van der Waals surface area contributed by atoms with E-state index >= 15 is 0 Å². The second kappa shape index (κ2) is 8.03. The number of ether oxygens (including phenoxy) is 1. The number of rotatable bonds is 6. The van der Waals surface area contributed by atoms with Crippen LogP contribution in [0.1, 0.15) is 12.5 Å². The minimum Gasteiger partial charge on any atom is -0.497 e. The summed E-state index contributed by atoms with van der Waals surface area (Å²) in [4.78, 5) is 16.9. The van der Waals surface area contributed by atoms with Gasteiger partial charge >= 0.3 is 0 Å². The molecule has 5 heteroatoms. The van der Waals surface area contributed by atoms with Gasteiger partial charge in [-0.05, 0) is 36.8 Å². The molecule has 1 heterocycles. The normalized spacial score (nSPS) is 11.9. The average molecular weight is 352 g/mol. The number of fused-ring (bicyclic) bond motifs is 1. The number of aromatic nitrogens is 1. The highest BCUT2D eigenvalue weighted by Gasteiger charge is 2.15. The third kappa shape index (κ3) is 4.51. The minimum absolute atomic E-state index is 0.00391. The monoisotopic (exact) mass is 352 g/mol. The Labute approximate surface area is 151 Å². The first-order chi connectivity index (χ1) is 12.2. The Hall–Kier alpha value is -2.53. The Bertz CT molecular complexity index is 865. The van der Waals surface area contributed by atoms with Crippen LogP contribution in [0.25, 0.3) is 10.9 Å². The molecule has 0 saturated heterocycles. The van der Waals surface area contributed by atoms with Crippen molar-refractivity contribution in [3.05, 3.63) is 66.2 Å². The molecule has 0 spiro atoms. The van der Waals surface area contributed by atoms with Gasteiger partial charge in [-0.1, -0.05) is 48.2 Å². The van der Waals surface area contributed by atoms with E-state index in [4.69, 9.17) is 4.74 Å². The van der Waals surface area contributed by atoms with Gasteiger partial charge in [-0.15, -0.1) is 0 Å². The summed E-state index contributed by atoms with van der Waals surface area (Å²) < 4.78 is 5.13. The Morgan fingerprint density at radius 1 is 1.12 bits per heavy atom. The van der Waals surface area contributed by atoms with Crippen LogP contribution in [-0.4, -0.2) is 23.3 Å². The zero-order chi connectivity index (χ0) is 17.6. The molecule has 2 aromatic carbocycles. The summed E-state index contributed by atoms with van der Waals surface area (Å²) in [5.74, 6) is 0.803. The molecular weight excluding hydrogens is 332 g/mol. The molecule has 0 bridgehead atoms. The molecule has 128 valence electrons. The van der Waals surface area contributed by atoms with Crippen molar-refractivity contribution < 1.29 is 9.53 Å². The lowest BCUT2D eigenvalue weighted by atomic mass is 10.2. The van der Waals surface area contributed by atoms with Gasteiger partial charge in [0.2, 0.25) is 5.91 Å². The summed E-state index contributed by atoms with van der Waals surface area (Å²) in [5, 5.41) is 4.70. The number of nitrogens with zero attached hydrogens (tertiary/aromatic N) is 1. The zero-order valence-corrected chi connectivity index (χ0v) is 15.0. The molecule has 0 aliphatic heterocycles. The lowest BCUT2D eigenvalue weighted by molar-refractivity contribution is -0.120. The number of methoxy groups -OCH3 is 1. The largest absolute Gasteiger partial charge is 0.497 e. The number of carbonyl (C=O) groups excluding carboxylic acids is 1. The predicted molar refractivity (Wildman–Crippen MR) is 102 cm³/mol. The first kappa shape index (κ1) is 17.3. The second-order valence-electron chi connectivity index (χ2n) is 5.67. The van der Waals surface area contributed by atoms with Crippen LogP contribution < -0.4 is 10.1 Å². The first-order valence-corrected chi connectivity index (χ1v) is 8.97. The molecule has 0 aliphatic carbocycles. The van der Waals surface area contributed by atoms with Crippen LogP contribution in [0, 0.1) is 0 Å². The van der Waals surface area contributed by atoms with Crippen molar-refractivity contribution in [2.75, 3.05) is 7.11 Å². The van der Waals surface area contributed by atoms with Crippen LogP contribution in [0.15, 0.2) is 65.7 Å². The van der Waals surface area contributed by atoms with Gasteiger partial charge < -0.3 is 10.1 Å². The molecule has 0 radical (unpaired) electrons. The molecule has 1 atom stereocenters. The van der Waals surface area contributed by atoms with Crippen LogP contribution in [0.4, 0.5) is 0 Å². The van der Waals surface area contributed by atoms with Gasteiger partial charge in [0.05, 0.1) is 22.9 Å². The van der Waals surface area contributed by atoms with Crippen molar-refractivity contribution in [3.63, 3.8) is 0 Å². The van der Waals surface area contributed by atoms with Crippen molar-refractivity contribution in [2.45, 2.75) is 23.7 Å². The number of hydrogen-bond donors (Lipinski definition) is 1. The van der Waals surface area contributed by atoms with Gasteiger partial charge in [-0.2, -0.15) is 0 Å². The van der Waals surface area contributed by atoms with Crippen LogP contribution >= 0.6 is 11.8 Å². The van der Waals surface area contributed by atoms with Crippen LogP contribution in [-0.2, 0) is 11.3 Å². The number of hydrogen-bond acceptors (Lipinski definition) is 4. The van der Waals surface area contributed by atoms with E-state index in [0.29, 0.717) is 6.54 Å². The Balaban J connectivity index is 1.57. The maximum atomic E-state index is 12.3. The third-order valence-corrected chi connectivity index (χ3v) is 4.90. The molecule has 1 N–H and O–H groups in total. The number of pyridine rings is 1. The smallest absolute Gasteiger partial charge is 0.233 e. The minimum atomic E-state index is -0.216. The number of carbonyl (C=O) groups is 1. The SMILES string of the molecule is COc1ccc(CNC(=O)[C@H](C)Sc2ccc3ccccc3n2)cc1. The highest BCUT2D eigenvalue weighted by molar-refractivity contribution is 8.00. The van der Waals surface area contributed by atoms with Gasteiger partial charge in [0, 0.05) is 11.9 Å². The van der Waals surface area contributed by atoms with E-state index in [-0.39, 0.29) is 11.2 Å². The maximum Gasteiger partial charge on any atom is 0.233 e. The number of thioether (sulfide) groups is 1. The molecular formula is C20H20N2O2S. The van der Waals surface area contributed by atoms with Crippen molar-refractivity contribution in [1.82, 2.24) is 10.3 Å². The number of amides is 1. The molecule has 25 heavy (non-hydrogen) atoms. The molecule has 4 nitrogen and oxygen atoms in total. The van der Waals surface area contributed by atoms with Gasteiger partial charge in [0.1, 0.15) is 5.75 Å². The van der Waals surface area contributed by atoms with Crippen molar-refractivity contribution in [3.8, 4) is 5.75 Å². The summed E-state index contributed by atoms with van der Waals surface area (Å²) in [6, 6.07) is 19.6. The van der Waals surface area contributed by atoms with Gasteiger partial charge in [0.25, 0.3) is 0 Å². The maximum absolute atomic E-state index is 12.3. The van der Waals surface area contributed by atoms with Gasteiger partial charge in [0.15, 0.2) is 0 Å². The second-order valence-corrected chi connectivity index (χ2v) is 7.03. The van der Waals surface area contributed by atoms with E-state index in [1.54, 1.807) is 7.11 Å². The molecule has 1 amide bonds. The quantitative estimate of drug-likeness (QED) is 0.680. The van der Waals surface area contributed by atoms with Crippen molar-refractivity contribution >= 4 is 28.6 Å². The molecule has 3 aromatic rings. The highest BCUT2D eigenvalue weighted by atomic mass is 32.2. The molecule has 0 saturated carbocycles. The lowest BCUT2D eigenvalue weighted by Crippen LogP contribution is -2.30. The summed E-state index contributed by atoms with van der Waals surface area (Å²) in [7, 11) is 1.64. The third-order valence-electron chi connectivity index (χ3n) is 3.87. The topological polar surface area (TPSA) is 51.2 Å². The number of para-hydroxylation sites is 1. The first-order valence-electron chi connectivity index (χ1n) is 8.09. The summed E-state index contributed by atoms with van der Waals surface area (Å²) >= 11 is 1.46. The summed E-state index contributed by atoms with van der Waals surface area (Å²) in [6.07, 6.45) is 0. The van der Waals surface area contributed by atoms with Gasteiger partial charge in [-0.3, -0.25) is 4.79 Å². The van der Waals surface area contributed by atoms with Crippen molar-refractivity contribution in [2.24, 2.45) is 0 Å². The van der Waals surface area contributed by atoms with Crippen LogP contribution in [0.5, 0.6) is 5.75 Å². The van der Waals surface area contributed by atoms with Crippen LogP contribution in [0.3, 0.4) is 0 Å². The average Bonchev–Trinajstić information content (AvgIpc) is 2.66. The highest BCUT2D eigenvalue weighted by Crippen LogP contribution is 2.24. The fourth-order valence-electron chi connectivity index (χ4n) is 2.42. The van der Waals surface area contributed by atoms with E-state index in [9.17, 15) is 4.79 Å². The molecule has 1 aromatic heterocycles. The molecule has 0 fully saturated rings. The summed E-state index contributed by atoms with van der Waals surface area (Å²) in [5.41, 5.74) is 1.98. The standard InChI is InChI=1S/C20H20N2O2S/c1-14(20(23)21-13-15-7-10-17(24-2)11-8-15)25-19-12-9-16-5-3-4-6-18(16)22-19/h3-12,14H,13H2,1-2H3,(H,21,23)/t14-/m0/s1. The van der Waals surface area contributed by atoms with Crippen LogP contribution in [0.2, 0.25) is 0 Å². The van der Waals surface area contributed by atoms with Crippen molar-refractivity contribution in [1.29, 1.82) is 0 Å². The summed E-state index contributed by atoms with van der Waals surface area (Å²) in [6.45, 7) is 2.39.